The number of benzene rings is 1. The number of nitrogens with zero attached hydrogens (tertiary/aromatic N) is 2. The molecule has 0 saturated carbocycles. The number of halogens is 5. The lowest BCUT2D eigenvalue weighted by molar-refractivity contribution is -0.0576. The normalized spacial score (nSPS) is 12.2. The Kier molecular flexibility index (Phi) is 7.77. The van der Waals surface area contributed by atoms with Crippen molar-refractivity contribution in [1.29, 1.82) is 5.41 Å². The number of nitrogens with one attached hydrogen (secondary N) is 3. The maximum absolute atomic E-state index is 13.7. The lowest BCUT2D eigenvalue weighted by atomic mass is 10.2. The summed E-state index contributed by atoms with van der Waals surface area (Å²) in [6.45, 7) is 0. The molecule has 2 aromatic rings. The molecule has 2 rings (SSSR count). The van der Waals surface area contributed by atoms with Crippen LogP contribution in [0.15, 0.2) is 53.3 Å². The van der Waals surface area contributed by atoms with Crippen molar-refractivity contribution in [3.05, 3.63) is 65.5 Å². The highest BCUT2D eigenvalue weighted by molar-refractivity contribution is 6.08. The average Bonchev–Trinajstić information content (AvgIpc) is 2.75. The van der Waals surface area contributed by atoms with E-state index in [4.69, 9.17) is 11.1 Å². The van der Waals surface area contributed by atoms with Gasteiger partial charge in [-0.25, -0.2) is 23.6 Å². The maximum Gasteiger partial charge on any atom is 0.433 e. The van der Waals surface area contributed by atoms with E-state index in [1.165, 1.54) is 7.05 Å². The number of hydrogen-bond acceptors (Lipinski definition) is 7. The zero-order chi connectivity index (χ0) is 24.8. The Hall–Kier alpha value is -4.36. The predicted octanol–water partition coefficient (Wildman–Crippen LogP) is 3.42. The van der Waals surface area contributed by atoms with Crippen molar-refractivity contribution >= 4 is 35.1 Å². The summed E-state index contributed by atoms with van der Waals surface area (Å²) in [5, 5.41) is 11.6. The quantitative estimate of drug-likeness (QED) is 0.301. The smallest absolute Gasteiger partial charge is 0.394 e. The second-order valence-electron chi connectivity index (χ2n) is 6.02. The van der Waals surface area contributed by atoms with Gasteiger partial charge >= 0.3 is 12.3 Å². The van der Waals surface area contributed by atoms with Crippen molar-refractivity contribution in [1.82, 2.24) is 10.3 Å². The molecule has 0 aliphatic carbocycles. The van der Waals surface area contributed by atoms with Crippen molar-refractivity contribution in [2.24, 2.45) is 10.7 Å². The minimum Gasteiger partial charge on any atom is -0.394 e. The minimum absolute atomic E-state index is 0.174. The van der Waals surface area contributed by atoms with Gasteiger partial charge in [-0.3, -0.25) is 10.2 Å². The number of rotatable bonds is 5. The Morgan fingerprint density at radius 1 is 1.21 bits per heavy atom. The van der Waals surface area contributed by atoms with Crippen molar-refractivity contribution in [2.45, 2.75) is 6.18 Å². The number of alkyl halides is 3. The Morgan fingerprint density at radius 3 is 2.48 bits per heavy atom. The molecule has 0 fully saturated rings. The monoisotopic (exact) mass is 470 g/mol. The van der Waals surface area contributed by atoms with Crippen LogP contribution in [-0.4, -0.2) is 41.8 Å². The Morgan fingerprint density at radius 2 is 1.91 bits per heavy atom. The maximum atomic E-state index is 13.7. The van der Waals surface area contributed by atoms with E-state index in [9.17, 15) is 31.5 Å². The summed E-state index contributed by atoms with van der Waals surface area (Å²) in [6.07, 6.45) is -4.96. The van der Waals surface area contributed by atoms with Crippen LogP contribution in [-0.2, 0) is 4.74 Å². The van der Waals surface area contributed by atoms with E-state index in [-0.39, 0.29) is 17.6 Å². The van der Waals surface area contributed by atoms with Crippen LogP contribution in [0.5, 0.6) is 0 Å². The molecule has 0 aliphatic heterocycles. The first-order chi connectivity index (χ1) is 15.4. The molecule has 0 bridgehead atoms. The fourth-order valence-electron chi connectivity index (χ4n) is 2.12. The summed E-state index contributed by atoms with van der Waals surface area (Å²) in [6, 6.07) is 5.10. The topological polar surface area (TPSA) is 143 Å². The van der Waals surface area contributed by atoms with Crippen LogP contribution in [0.2, 0.25) is 0 Å². The lowest BCUT2D eigenvalue weighted by Gasteiger charge is -2.10. The number of alkyl carbamates (subject to hydrolysis) is 1. The molecule has 0 aliphatic rings. The van der Waals surface area contributed by atoms with E-state index in [0.29, 0.717) is 0 Å². The van der Waals surface area contributed by atoms with Gasteiger partial charge in [0.05, 0.1) is 23.1 Å². The van der Waals surface area contributed by atoms with Gasteiger partial charge in [0, 0.05) is 7.05 Å². The number of amides is 2. The van der Waals surface area contributed by atoms with Crippen LogP contribution < -0.4 is 16.4 Å². The first-order valence-corrected chi connectivity index (χ1v) is 8.75. The van der Waals surface area contributed by atoms with Crippen LogP contribution in [0, 0.1) is 17.0 Å². The molecular weight excluding hydrogens is 455 g/mol. The molecule has 0 saturated heterocycles. The summed E-state index contributed by atoms with van der Waals surface area (Å²) < 4.78 is 71.2. The molecule has 174 valence electrons. The number of ether oxygens (including phenoxy) is 1. The van der Waals surface area contributed by atoms with Gasteiger partial charge in [0.15, 0.2) is 11.6 Å². The van der Waals surface area contributed by atoms with E-state index in [0.717, 1.165) is 36.5 Å². The first kappa shape index (κ1) is 24.9. The molecule has 0 spiro atoms. The third kappa shape index (κ3) is 6.81. The fourth-order valence-corrected chi connectivity index (χ4v) is 2.12. The molecule has 14 heteroatoms. The lowest BCUT2D eigenvalue weighted by Crippen LogP contribution is -2.28. The predicted molar refractivity (Wildman–Crippen MR) is 107 cm³/mol. The van der Waals surface area contributed by atoms with Crippen LogP contribution in [0.3, 0.4) is 0 Å². The highest BCUT2D eigenvalue weighted by Gasteiger charge is 2.35. The molecule has 0 radical (unpaired) electrons. The Bertz CT molecular complexity index is 1130. The number of carbonyl (C=O) groups is 2. The SMILES string of the molecule is CNC(=O)OC(=N)/C(N)=C/C(=Nc1ccc(NC(=O)c2cccc(F)c2F)nc1)C(F)(F)F. The molecule has 0 unspecified atom stereocenters. The van der Waals surface area contributed by atoms with Crippen LogP contribution in [0.4, 0.5) is 38.3 Å². The Balaban J connectivity index is 2.24. The van der Waals surface area contributed by atoms with E-state index in [1.807, 2.05) is 5.32 Å². The second-order valence-corrected chi connectivity index (χ2v) is 6.02. The zero-order valence-corrected chi connectivity index (χ0v) is 16.6. The summed E-state index contributed by atoms with van der Waals surface area (Å²) in [7, 11) is 1.17. The third-order valence-corrected chi connectivity index (χ3v) is 3.68. The highest BCUT2D eigenvalue weighted by Crippen LogP contribution is 2.23. The number of aliphatic imine (C=N–C) groups is 1. The third-order valence-electron chi connectivity index (χ3n) is 3.68. The molecule has 33 heavy (non-hydrogen) atoms. The second kappa shape index (κ2) is 10.3. The molecule has 1 heterocycles. The molecule has 1 aromatic heterocycles. The molecule has 0 atom stereocenters. The van der Waals surface area contributed by atoms with Gasteiger partial charge in [0.2, 0.25) is 5.90 Å². The number of allylic oxidation sites excluding steroid dienone is 1. The molecule has 5 N–H and O–H groups in total. The number of carbonyl (C=O) groups excluding carboxylic acids is 2. The van der Waals surface area contributed by atoms with Crippen molar-refractivity contribution < 1.29 is 36.3 Å². The van der Waals surface area contributed by atoms with Gasteiger partial charge in [-0.15, -0.1) is 0 Å². The standard InChI is InChI=1S/C19H15F5N6O3/c1-27-18(32)33-16(26)12(25)7-13(19(22,23)24)29-9-5-6-14(28-8-9)30-17(31)10-3-2-4-11(20)15(10)21/h2-8,26H,25H2,1H3,(H,27,32)(H,28,30,31)/b12-7-,26-16?,29-13?. The summed E-state index contributed by atoms with van der Waals surface area (Å²) >= 11 is 0. The number of hydrogen-bond donors (Lipinski definition) is 4. The fraction of sp³-hybridized carbons (Fsp3) is 0.105. The van der Waals surface area contributed by atoms with Gasteiger partial charge in [-0.2, -0.15) is 13.2 Å². The van der Waals surface area contributed by atoms with E-state index >= 15 is 0 Å². The van der Waals surface area contributed by atoms with Gasteiger partial charge in [0.25, 0.3) is 5.91 Å². The van der Waals surface area contributed by atoms with E-state index in [1.54, 1.807) is 0 Å². The summed E-state index contributed by atoms with van der Waals surface area (Å²) in [5.74, 6) is -4.85. The first-order valence-electron chi connectivity index (χ1n) is 8.75. The van der Waals surface area contributed by atoms with Gasteiger partial charge < -0.3 is 21.1 Å². The van der Waals surface area contributed by atoms with E-state index < -0.39 is 52.7 Å². The molecule has 1 aromatic carbocycles. The van der Waals surface area contributed by atoms with Crippen molar-refractivity contribution in [3.63, 3.8) is 0 Å². The molecular formula is C19H15F5N6O3. The summed E-state index contributed by atoms with van der Waals surface area (Å²) in [4.78, 5) is 30.2. The molecule has 9 nitrogen and oxygen atoms in total. The number of nitrogens with two attached hydrogens (primary N) is 1. The van der Waals surface area contributed by atoms with Gasteiger partial charge in [0.1, 0.15) is 11.5 Å². The zero-order valence-electron chi connectivity index (χ0n) is 16.6. The van der Waals surface area contributed by atoms with Crippen LogP contribution in [0.25, 0.3) is 0 Å². The average molecular weight is 470 g/mol. The van der Waals surface area contributed by atoms with Gasteiger partial charge in [-0.1, -0.05) is 6.07 Å². The van der Waals surface area contributed by atoms with Crippen LogP contribution in [0.1, 0.15) is 10.4 Å². The van der Waals surface area contributed by atoms with Crippen LogP contribution >= 0.6 is 0 Å². The number of anilines is 1. The Labute approximate surface area is 182 Å². The molecule has 2 amide bonds. The van der Waals surface area contributed by atoms with E-state index in [2.05, 4.69) is 20.0 Å². The van der Waals surface area contributed by atoms with Crippen molar-refractivity contribution in [3.8, 4) is 0 Å². The minimum atomic E-state index is -5.00. The van der Waals surface area contributed by atoms with Crippen molar-refractivity contribution in [2.75, 3.05) is 12.4 Å². The largest absolute Gasteiger partial charge is 0.433 e. The summed E-state index contributed by atoms with van der Waals surface area (Å²) in [5.41, 5.74) is 2.08. The number of aromatic nitrogens is 1. The van der Waals surface area contributed by atoms with Gasteiger partial charge in [-0.05, 0) is 30.3 Å². The number of pyridine rings is 1. The highest BCUT2D eigenvalue weighted by atomic mass is 19.4.